The molecule has 1 unspecified atom stereocenters. The molecule has 0 saturated carbocycles. The van der Waals surface area contributed by atoms with Crippen molar-refractivity contribution in [2.75, 3.05) is 0 Å². The van der Waals surface area contributed by atoms with Gasteiger partial charge in [-0.05, 0) is 61.2 Å². The highest BCUT2D eigenvalue weighted by atomic mass is 35.5. The van der Waals surface area contributed by atoms with Crippen molar-refractivity contribution in [3.63, 3.8) is 0 Å². The molecule has 0 fully saturated rings. The maximum atomic E-state index is 6.33. The largest absolute Gasteiger partial charge is 0.487 e. The summed E-state index contributed by atoms with van der Waals surface area (Å²) < 4.78 is 5.92. The number of halogens is 1. The van der Waals surface area contributed by atoms with Crippen LogP contribution in [0.1, 0.15) is 37.9 Å². The second-order valence-electron chi connectivity index (χ2n) is 6.39. The van der Waals surface area contributed by atoms with Gasteiger partial charge in [0.1, 0.15) is 11.4 Å². The standard InChI is InChI=1S/C18H20ClNO/c1-11(20)15-6-4-13(9-16(15)19)12-5-7-17-14(8-12)10-18(2,3)21-17/h4-9,11H,10,20H2,1-3H3. The molecule has 0 saturated heterocycles. The minimum atomic E-state index is -0.114. The second-order valence-corrected chi connectivity index (χ2v) is 6.79. The predicted octanol–water partition coefficient (Wildman–Crippen LogP) is 4.74. The Labute approximate surface area is 130 Å². The van der Waals surface area contributed by atoms with Crippen molar-refractivity contribution in [1.29, 1.82) is 0 Å². The minimum absolute atomic E-state index is 0.0548. The fraction of sp³-hybridized carbons (Fsp3) is 0.333. The van der Waals surface area contributed by atoms with Gasteiger partial charge in [0, 0.05) is 17.5 Å². The number of hydrogen-bond acceptors (Lipinski definition) is 2. The van der Waals surface area contributed by atoms with E-state index >= 15 is 0 Å². The van der Waals surface area contributed by atoms with Gasteiger partial charge in [0.05, 0.1) is 0 Å². The molecule has 1 aliphatic rings. The molecule has 0 spiro atoms. The molecule has 1 heterocycles. The van der Waals surface area contributed by atoms with Gasteiger partial charge in [0.2, 0.25) is 0 Å². The highest BCUT2D eigenvalue weighted by molar-refractivity contribution is 6.31. The molecule has 0 bridgehead atoms. The fourth-order valence-corrected chi connectivity index (χ4v) is 3.22. The molecule has 1 aliphatic heterocycles. The van der Waals surface area contributed by atoms with Crippen LogP contribution in [0.15, 0.2) is 36.4 Å². The molecule has 2 aromatic rings. The first-order chi connectivity index (χ1) is 9.85. The number of benzene rings is 2. The molecule has 0 aliphatic carbocycles. The first kappa shape index (κ1) is 14.4. The van der Waals surface area contributed by atoms with Crippen LogP contribution < -0.4 is 10.5 Å². The molecule has 21 heavy (non-hydrogen) atoms. The van der Waals surface area contributed by atoms with Gasteiger partial charge in [0.25, 0.3) is 0 Å². The Morgan fingerprint density at radius 3 is 2.48 bits per heavy atom. The third kappa shape index (κ3) is 2.78. The van der Waals surface area contributed by atoms with Crippen LogP contribution in [0.2, 0.25) is 5.02 Å². The molecule has 2 N–H and O–H groups in total. The third-order valence-electron chi connectivity index (χ3n) is 3.89. The Morgan fingerprint density at radius 2 is 1.81 bits per heavy atom. The average Bonchev–Trinajstić information content (AvgIpc) is 2.70. The molecule has 0 aromatic heterocycles. The monoisotopic (exact) mass is 301 g/mol. The van der Waals surface area contributed by atoms with E-state index in [9.17, 15) is 0 Å². The van der Waals surface area contributed by atoms with Crippen LogP contribution in [0.5, 0.6) is 5.75 Å². The first-order valence-electron chi connectivity index (χ1n) is 7.23. The normalized spacial score (nSPS) is 17.2. The molecule has 0 radical (unpaired) electrons. The summed E-state index contributed by atoms with van der Waals surface area (Å²) in [6.45, 7) is 6.16. The van der Waals surface area contributed by atoms with Gasteiger partial charge in [-0.3, -0.25) is 0 Å². The molecule has 110 valence electrons. The van der Waals surface area contributed by atoms with E-state index in [2.05, 4.69) is 32.0 Å². The Bertz CT molecular complexity index is 692. The predicted molar refractivity (Wildman–Crippen MR) is 87.9 cm³/mol. The number of ether oxygens (including phenoxy) is 1. The van der Waals surface area contributed by atoms with Gasteiger partial charge in [-0.25, -0.2) is 0 Å². The van der Waals surface area contributed by atoms with E-state index in [1.807, 2.05) is 25.1 Å². The molecule has 3 heteroatoms. The van der Waals surface area contributed by atoms with Gasteiger partial charge in [0.15, 0.2) is 0 Å². The Morgan fingerprint density at radius 1 is 1.14 bits per heavy atom. The van der Waals surface area contributed by atoms with Crippen molar-refractivity contribution in [2.45, 2.75) is 38.8 Å². The van der Waals surface area contributed by atoms with Crippen molar-refractivity contribution in [3.05, 3.63) is 52.5 Å². The van der Waals surface area contributed by atoms with Gasteiger partial charge >= 0.3 is 0 Å². The summed E-state index contributed by atoms with van der Waals surface area (Å²) in [5.41, 5.74) is 10.3. The minimum Gasteiger partial charge on any atom is -0.487 e. The van der Waals surface area contributed by atoms with E-state index in [1.54, 1.807) is 0 Å². The van der Waals surface area contributed by atoms with Crippen molar-refractivity contribution in [1.82, 2.24) is 0 Å². The summed E-state index contributed by atoms with van der Waals surface area (Å²) >= 11 is 6.33. The smallest absolute Gasteiger partial charge is 0.123 e. The van der Waals surface area contributed by atoms with Gasteiger partial charge < -0.3 is 10.5 Å². The van der Waals surface area contributed by atoms with E-state index in [-0.39, 0.29) is 11.6 Å². The van der Waals surface area contributed by atoms with E-state index in [4.69, 9.17) is 22.1 Å². The van der Waals surface area contributed by atoms with Crippen molar-refractivity contribution in [2.24, 2.45) is 5.73 Å². The van der Waals surface area contributed by atoms with Crippen LogP contribution in [-0.4, -0.2) is 5.60 Å². The van der Waals surface area contributed by atoms with E-state index in [1.165, 1.54) is 5.56 Å². The SMILES string of the molecule is CC(N)c1ccc(-c2ccc3c(c2)CC(C)(C)O3)cc1Cl. The Balaban J connectivity index is 1.98. The molecule has 2 aromatic carbocycles. The summed E-state index contributed by atoms with van der Waals surface area (Å²) in [6, 6.07) is 12.3. The average molecular weight is 302 g/mol. The van der Waals surface area contributed by atoms with Crippen molar-refractivity contribution in [3.8, 4) is 16.9 Å². The molecule has 3 rings (SSSR count). The number of hydrogen-bond donors (Lipinski definition) is 1. The summed E-state index contributed by atoms with van der Waals surface area (Å²) in [5.74, 6) is 0.988. The molecule has 2 nitrogen and oxygen atoms in total. The summed E-state index contributed by atoms with van der Waals surface area (Å²) in [7, 11) is 0. The van der Waals surface area contributed by atoms with Crippen LogP contribution in [0.25, 0.3) is 11.1 Å². The van der Waals surface area contributed by atoms with E-state index in [0.717, 1.165) is 33.9 Å². The highest BCUT2D eigenvalue weighted by Crippen LogP contribution is 2.38. The zero-order chi connectivity index (χ0) is 15.2. The van der Waals surface area contributed by atoms with E-state index in [0.29, 0.717) is 0 Å². The molecular weight excluding hydrogens is 282 g/mol. The summed E-state index contributed by atoms with van der Waals surface area (Å²) in [6.07, 6.45) is 0.932. The summed E-state index contributed by atoms with van der Waals surface area (Å²) in [4.78, 5) is 0. The van der Waals surface area contributed by atoms with Crippen LogP contribution in [0.4, 0.5) is 0 Å². The number of fused-ring (bicyclic) bond motifs is 1. The van der Waals surface area contributed by atoms with Crippen LogP contribution in [-0.2, 0) is 6.42 Å². The molecule has 1 atom stereocenters. The lowest BCUT2D eigenvalue weighted by Gasteiger charge is -2.16. The number of nitrogens with two attached hydrogens (primary N) is 1. The Kier molecular flexibility index (Phi) is 3.46. The van der Waals surface area contributed by atoms with Crippen molar-refractivity contribution < 1.29 is 4.74 Å². The summed E-state index contributed by atoms with van der Waals surface area (Å²) in [5, 5.41) is 0.722. The topological polar surface area (TPSA) is 35.2 Å². The zero-order valence-electron chi connectivity index (χ0n) is 12.6. The molecule has 0 amide bonds. The van der Waals surface area contributed by atoms with Gasteiger partial charge in [-0.15, -0.1) is 0 Å². The third-order valence-corrected chi connectivity index (χ3v) is 4.21. The second kappa shape index (κ2) is 5.04. The van der Waals surface area contributed by atoms with Gasteiger partial charge in [-0.1, -0.05) is 29.8 Å². The Hall–Kier alpha value is -1.51. The van der Waals surface area contributed by atoms with Crippen LogP contribution in [0, 0.1) is 0 Å². The van der Waals surface area contributed by atoms with Gasteiger partial charge in [-0.2, -0.15) is 0 Å². The number of rotatable bonds is 2. The van der Waals surface area contributed by atoms with Crippen molar-refractivity contribution >= 4 is 11.6 Å². The quantitative estimate of drug-likeness (QED) is 0.869. The maximum absolute atomic E-state index is 6.33. The van der Waals surface area contributed by atoms with Crippen LogP contribution >= 0.6 is 11.6 Å². The molecular formula is C18H20ClNO. The lowest BCUT2D eigenvalue weighted by atomic mass is 9.96. The lowest BCUT2D eigenvalue weighted by Crippen LogP contribution is -2.24. The zero-order valence-corrected chi connectivity index (χ0v) is 13.4. The lowest BCUT2D eigenvalue weighted by molar-refractivity contribution is 0.138. The maximum Gasteiger partial charge on any atom is 0.123 e. The first-order valence-corrected chi connectivity index (χ1v) is 7.61. The highest BCUT2D eigenvalue weighted by Gasteiger charge is 2.29. The van der Waals surface area contributed by atoms with Crippen LogP contribution in [0.3, 0.4) is 0 Å². The fourth-order valence-electron chi connectivity index (χ4n) is 2.87. The van der Waals surface area contributed by atoms with E-state index < -0.39 is 0 Å².